The van der Waals surface area contributed by atoms with E-state index in [4.69, 9.17) is 5.73 Å². The van der Waals surface area contributed by atoms with Gasteiger partial charge in [0.1, 0.15) is 5.75 Å². The summed E-state index contributed by atoms with van der Waals surface area (Å²) in [6.07, 6.45) is 8.70. The third kappa shape index (κ3) is 3.67. The average molecular weight is 263 g/mol. The number of amides is 1. The molecule has 5 nitrogen and oxygen atoms in total. The molecule has 1 fully saturated rings. The summed E-state index contributed by atoms with van der Waals surface area (Å²) in [4.78, 5) is 15.9. The minimum atomic E-state index is -0.218. The van der Waals surface area contributed by atoms with Crippen LogP contribution in [-0.2, 0) is 0 Å². The number of aromatic nitrogens is 1. The van der Waals surface area contributed by atoms with Crippen molar-refractivity contribution in [2.24, 2.45) is 11.7 Å². The van der Waals surface area contributed by atoms with Crippen LogP contribution in [0.25, 0.3) is 0 Å². The maximum Gasteiger partial charge on any atom is 0.253 e. The smallest absolute Gasteiger partial charge is 0.253 e. The van der Waals surface area contributed by atoms with E-state index in [1.165, 1.54) is 37.7 Å². The van der Waals surface area contributed by atoms with E-state index in [2.05, 4.69) is 10.3 Å². The van der Waals surface area contributed by atoms with Crippen molar-refractivity contribution in [1.29, 1.82) is 0 Å². The second-order valence-corrected chi connectivity index (χ2v) is 5.15. The zero-order valence-electron chi connectivity index (χ0n) is 11.0. The molecule has 0 spiro atoms. The Kier molecular flexibility index (Phi) is 4.74. The highest BCUT2D eigenvalue weighted by atomic mass is 16.3. The molecule has 2 rings (SSSR count). The van der Waals surface area contributed by atoms with Crippen molar-refractivity contribution in [2.75, 3.05) is 6.54 Å². The molecular weight excluding hydrogens is 242 g/mol. The standard InChI is InChI=1S/C14H21N3O2/c15-7-13(10-4-2-1-3-5-10)17-14(19)11-6-12(18)9-16-8-11/h6,8-10,13,18H,1-5,7,15H2,(H,17,19). The number of carbonyl (C=O) groups excluding carboxylic acids is 1. The predicted octanol–water partition coefficient (Wildman–Crippen LogP) is 1.42. The minimum absolute atomic E-state index is 0.00499. The van der Waals surface area contributed by atoms with E-state index in [-0.39, 0.29) is 17.7 Å². The van der Waals surface area contributed by atoms with Crippen LogP contribution in [0.3, 0.4) is 0 Å². The predicted molar refractivity (Wildman–Crippen MR) is 72.8 cm³/mol. The lowest BCUT2D eigenvalue weighted by atomic mass is 9.84. The highest BCUT2D eigenvalue weighted by Gasteiger charge is 2.24. The van der Waals surface area contributed by atoms with Gasteiger partial charge < -0.3 is 16.2 Å². The molecule has 19 heavy (non-hydrogen) atoms. The van der Waals surface area contributed by atoms with E-state index in [0.717, 1.165) is 12.8 Å². The first-order valence-electron chi connectivity index (χ1n) is 6.85. The second kappa shape index (κ2) is 6.52. The van der Waals surface area contributed by atoms with Crippen LogP contribution in [0.15, 0.2) is 18.5 Å². The number of hydrogen-bond donors (Lipinski definition) is 3. The van der Waals surface area contributed by atoms with Crippen LogP contribution in [0.2, 0.25) is 0 Å². The molecule has 104 valence electrons. The topological polar surface area (TPSA) is 88.2 Å². The van der Waals surface area contributed by atoms with Crippen molar-refractivity contribution in [3.63, 3.8) is 0 Å². The van der Waals surface area contributed by atoms with Gasteiger partial charge in [-0.3, -0.25) is 9.78 Å². The van der Waals surface area contributed by atoms with Crippen molar-refractivity contribution in [1.82, 2.24) is 10.3 Å². The van der Waals surface area contributed by atoms with Gasteiger partial charge in [-0.2, -0.15) is 0 Å². The number of hydrogen-bond acceptors (Lipinski definition) is 4. The molecule has 5 heteroatoms. The summed E-state index contributed by atoms with van der Waals surface area (Å²) in [7, 11) is 0. The van der Waals surface area contributed by atoms with Crippen LogP contribution in [0.1, 0.15) is 42.5 Å². The molecule has 1 aromatic rings. The molecule has 1 saturated carbocycles. The van der Waals surface area contributed by atoms with E-state index in [1.807, 2.05) is 0 Å². The Hall–Kier alpha value is -1.62. The molecule has 1 unspecified atom stereocenters. The maximum atomic E-state index is 12.1. The lowest BCUT2D eigenvalue weighted by molar-refractivity contribution is 0.0914. The van der Waals surface area contributed by atoms with E-state index in [1.54, 1.807) is 0 Å². The first kappa shape index (κ1) is 13.8. The van der Waals surface area contributed by atoms with Gasteiger partial charge in [-0.25, -0.2) is 0 Å². The van der Waals surface area contributed by atoms with Crippen LogP contribution >= 0.6 is 0 Å². The summed E-state index contributed by atoms with van der Waals surface area (Å²) < 4.78 is 0. The van der Waals surface area contributed by atoms with Gasteiger partial charge in [-0.1, -0.05) is 19.3 Å². The Bertz CT molecular complexity index is 430. The molecule has 1 atom stereocenters. The lowest BCUT2D eigenvalue weighted by Crippen LogP contribution is -2.45. The number of nitrogens with zero attached hydrogens (tertiary/aromatic N) is 1. The van der Waals surface area contributed by atoms with E-state index < -0.39 is 0 Å². The fourth-order valence-electron chi connectivity index (χ4n) is 2.71. The van der Waals surface area contributed by atoms with Crippen molar-refractivity contribution in [3.8, 4) is 5.75 Å². The molecule has 4 N–H and O–H groups in total. The molecule has 0 bridgehead atoms. The molecule has 0 saturated heterocycles. The maximum absolute atomic E-state index is 12.1. The fraction of sp³-hybridized carbons (Fsp3) is 0.571. The Labute approximate surface area is 113 Å². The molecular formula is C14H21N3O2. The SMILES string of the molecule is NCC(NC(=O)c1cncc(O)c1)C1CCCCC1. The molecule has 1 heterocycles. The Balaban J connectivity index is 1.99. The van der Waals surface area contributed by atoms with Crippen molar-refractivity contribution >= 4 is 5.91 Å². The minimum Gasteiger partial charge on any atom is -0.506 e. The van der Waals surface area contributed by atoms with E-state index in [0.29, 0.717) is 18.0 Å². The van der Waals surface area contributed by atoms with Crippen LogP contribution in [0.5, 0.6) is 5.75 Å². The lowest BCUT2D eigenvalue weighted by Gasteiger charge is -2.30. The molecule has 0 aliphatic heterocycles. The highest BCUT2D eigenvalue weighted by molar-refractivity contribution is 5.94. The third-order valence-corrected chi connectivity index (χ3v) is 3.78. The van der Waals surface area contributed by atoms with Crippen molar-refractivity contribution in [3.05, 3.63) is 24.0 Å². The summed E-state index contributed by atoms with van der Waals surface area (Å²) in [5.41, 5.74) is 6.15. The van der Waals surface area contributed by atoms with Crippen LogP contribution in [0.4, 0.5) is 0 Å². The normalized spacial score (nSPS) is 17.9. The first-order chi connectivity index (χ1) is 9.20. The summed E-state index contributed by atoms with van der Waals surface area (Å²) in [6.45, 7) is 0.447. The number of nitrogens with one attached hydrogen (secondary N) is 1. The quantitative estimate of drug-likeness (QED) is 0.766. The Morgan fingerprint density at radius 2 is 2.16 bits per heavy atom. The number of nitrogens with two attached hydrogens (primary N) is 1. The molecule has 1 aromatic heterocycles. The van der Waals surface area contributed by atoms with Gasteiger partial charge in [0.15, 0.2) is 0 Å². The van der Waals surface area contributed by atoms with Gasteiger partial charge in [-0.15, -0.1) is 0 Å². The number of pyridine rings is 1. The molecule has 1 aliphatic carbocycles. The molecule has 1 amide bonds. The van der Waals surface area contributed by atoms with Gasteiger partial charge in [0.25, 0.3) is 5.91 Å². The fourth-order valence-corrected chi connectivity index (χ4v) is 2.71. The first-order valence-corrected chi connectivity index (χ1v) is 6.85. The largest absolute Gasteiger partial charge is 0.506 e. The zero-order valence-corrected chi connectivity index (χ0v) is 11.0. The summed E-state index contributed by atoms with van der Waals surface area (Å²) in [6, 6.07) is 1.42. The number of rotatable bonds is 4. The van der Waals surface area contributed by atoms with E-state index >= 15 is 0 Å². The molecule has 1 aliphatic rings. The van der Waals surface area contributed by atoms with Gasteiger partial charge in [0.05, 0.1) is 11.8 Å². The summed E-state index contributed by atoms with van der Waals surface area (Å²) >= 11 is 0. The second-order valence-electron chi connectivity index (χ2n) is 5.15. The monoisotopic (exact) mass is 263 g/mol. The van der Waals surface area contributed by atoms with Crippen molar-refractivity contribution < 1.29 is 9.90 Å². The van der Waals surface area contributed by atoms with Gasteiger partial charge >= 0.3 is 0 Å². The number of aromatic hydroxyl groups is 1. The van der Waals surface area contributed by atoms with Crippen LogP contribution < -0.4 is 11.1 Å². The van der Waals surface area contributed by atoms with Crippen LogP contribution in [-0.4, -0.2) is 28.6 Å². The van der Waals surface area contributed by atoms with Crippen LogP contribution in [0, 0.1) is 5.92 Å². The van der Waals surface area contributed by atoms with Gasteiger partial charge in [0.2, 0.25) is 0 Å². The summed E-state index contributed by atoms with van der Waals surface area (Å²) in [5.74, 6) is 0.243. The summed E-state index contributed by atoms with van der Waals surface area (Å²) in [5, 5.41) is 12.3. The Morgan fingerprint density at radius 1 is 1.42 bits per heavy atom. The third-order valence-electron chi connectivity index (χ3n) is 3.78. The number of carbonyl (C=O) groups is 1. The van der Waals surface area contributed by atoms with Gasteiger partial charge in [0, 0.05) is 18.8 Å². The highest BCUT2D eigenvalue weighted by Crippen LogP contribution is 2.26. The zero-order chi connectivity index (χ0) is 13.7. The Morgan fingerprint density at radius 3 is 2.79 bits per heavy atom. The average Bonchev–Trinajstić information content (AvgIpc) is 2.45. The molecule has 0 radical (unpaired) electrons. The molecule has 0 aromatic carbocycles. The van der Waals surface area contributed by atoms with Gasteiger partial charge in [-0.05, 0) is 24.8 Å². The van der Waals surface area contributed by atoms with E-state index in [9.17, 15) is 9.90 Å². The van der Waals surface area contributed by atoms with Crippen molar-refractivity contribution in [2.45, 2.75) is 38.1 Å².